The maximum absolute atomic E-state index is 13.6. The molecule has 164 valence electrons. The lowest BCUT2D eigenvalue weighted by molar-refractivity contribution is -0.131. The fraction of sp³-hybridized carbons (Fsp3) is 0.320. The average Bonchev–Trinajstić information content (AvgIpc) is 3.11. The van der Waals surface area contributed by atoms with Gasteiger partial charge in [0.15, 0.2) is 11.5 Å². The number of hydrogen-bond acceptors (Lipinski definition) is 5. The van der Waals surface area contributed by atoms with Crippen molar-refractivity contribution in [1.29, 1.82) is 0 Å². The second-order valence-electron chi connectivity index (χ2n) is 8.24. The van der Waals surface area contributed by atoms with E-state index in [-0.39, 0.29) is 29.5 Å². The van der Waals surface area contributed by atoms with Crippen LogP contribution >= 0.6 is 11.6 Å². The van der Waals surface area contributed by atoms with Crippen LogP contribution in [0.5, 0.6) is 5.75 Å². The number of rotatable bonds is 5. The van der Waals surface area contributed by atoms with Crippen LogP contribution in [-0.4, -0.2) is 29.4 Å². The number of Topliss-reactive ketones (excluding diaryl/α,β-unsaturated/α-hetero) is 1. The number of fused-ring (bicyclic) bond motifs is 1. The van der Waals surface area contributed by atoms with Gasteiger partial charge in [-0.05, 0) is 49.1 Å². The second kappa shape index (κ2) is 8.43. The SMILES string of the molecule is C=CCOc1ccc(C2C3=C(OC4CCCCC4C3=O)C(=O)N2c2ccc(Cl)cn2)cc1. The first-order chi connectivity index (χ1) is 15.6. The van der Waals surface area contributed by atoms with E-state index in [1.807, 2.05) is 24.3 Å². The predicted octanol–water partition coefficient (Wildman–Crippen LogP) is 4.80. The number of carbonyl (C=O) groups is 2. The van der Waals surface area contributed by atoms with Gasteiger partial charge in [-0.3, -0.25) is 14.5 Å². The highest BCUT2D eigenvalue weighted by atomic mass is 35.5. The van der Waals surface area contributed by atoms with Crippen molar-refractivity contribution in [3.63, 3.8) is 0 Å². The molecule has 3 aliphatic rings. The summed E-state index contributed by atoms with van der Waals surface area (Å²) in [6.45, 7) is 4.05. The van der Waals surface area contributed by atoms with Gasteiger partial charge >= 0.3 is 0 Å². The summed E-state index contributed by atoms with van der Waals surface area (Å²) in [4.78, 5) is 33.0. The number of nitrogens with zero attached hydrogens (tertiary/aromatic N) is 2. The monoisotopic (exact) mass is 450 g/mol. The zero-order chi connectivity index (χ0) is 22.2. The Labute approximate surface area is 191 Å². The minimum absolute atomic E-state index is 0.0118. The summed E-state index contributed by atoms with van der Waals surface area (Å²) in [6, 6.07) is 10.1. The van der Waals surface area contributed by atoms with E-state index >= 15 is 0 Å². The smallest absolute Gasteiger partial charge is 0.295 e. The molecule has 3 unspecified atom stereocenters. The first kappa shape index (κ1) is 20.8. The summed E-state index contributed by atoms with van der Waals surface area (Å²) in [6.07, 6.45) is 6.51. The van der Waals surface area contributed by atoms with E-state index in [2.05, 4.69) is 11.6 Å². The molecule has 32 heavy (non-hydrogen) atoms. The number of anilines is 1. The van der Waals surface area contributed by atoms with Crippen LogP contribution in [0.1, 0.15) is 37.3 Å². The van der Waals surface area contributed by atoms with Crippen molar-refractivity contribution in [2.75, 3.05) is 11.5 Å². The summed E-state index contributed by atoms with van der Waals surface area (Å²) in [5, 5.41) is 0.469. The van der Waals surface area contributed by atoms with Crippen LogP contribution in [0.2, 0.25) is 5.02 Å². The number of benzene rings is 1. The number of pyridine rings is 1. The second-order valence-corrected chi connectivity index (χ2v) is 8.67. The molecule has 2 aromatic rings. The van der Waals surface area contributed by atoms with E-state index in [0.29, 0.717) is 28.8 Å². The fourth-order valence-corrected chi connectivity index (χ4v) is 4.92. The molecule has 3 atom stereocenters. The molecule has 6 nitrogen and oxygen atoms in total. The molecule has 1 aromatic heterocycles. The Kier molecular flexibility index (Phi) is 5.47. The zero-order valence-electron chi connectivity index (χ0n) is 17.5. The largest absolute Gasteiger partial charge is 0.490 e. The highest BCUT2D eigenvalue weighted by Crippen LogP contribution is 2.48. The standard InChI is InChI=1S/C25H23ClN2O4/c1-2-13-31-17-10-7-15(8-11-17)22-21-23(29)18-5-3-4-6-19(18)32-24(21)25(30)28(22)20-12-9-16(26)14-27-20/h2,7-12,14,18-19,22H,1,3-6,13H2. The molecule has 0 radical (unpaired) electrons. The van der Waals surface area contributed by atoms with Crippen LogP contribution in [0.4, 0.5) is 5.82 Å². The zero-order valence-corrected chi connectivity index (χ0v) is 18.3. The van der Waals surface area contributed by atoms with Gasteiger partial charge in [-0.2, -0.15) is 0 Å². The van der Waals surface area contributed by atoms with Crippen molar-refractivity contribution in [2.45, 2.75) is 37.8 Å². The summed E-state index contributed by atoms with van der Waals surface area (Å²) in [7, 11) is 0. The van der Waals surface area contributed by atoms with E-state index < -0.39 is 6.04 Å². The molecule has 3 heterocycles. The van der Waals surface area contributed by atoms with Gasteiger partial charge in [0.05, 0.1) is 22.6 Å². The van der Waals surface area contributed by atoms with Gasteiger partial charge in [0.1, 0.15) is 24.3 Å². The van der Waals surface area contributed by atoms with Gasteiger partial charge in [-0.15, -0.1) is 0 Å². The van der Waals surface area contributed by atoms with Gasteiger partial charge in [-0.25, -0.2) is 4.98 Å². The normalized spacial score (nSPS) is 24.7. The Morgan fingerprint density at radius 2 is 1.94 bits per heavy atom. The Morgan fingerprint density at radius 1 is 1.16 bits per heavy atom. The third kappa shape index (κ3) is 3.48. The number of aromatic nitrogens is 1. The van der Waals surface area contributed by atoms with Crippen molar-refractivity contribution >= 4 is 29.1 Å². The van der Waals surface area contributed by atoms with E-state index in [1.165, 1.54) is 11.1 Å². The number of hydrogen-bond donors (Lipinski definition) is 0. The average molecular weight is 451 g/mol. The molecule has 1 aromatic carbocycles. The van der Waals surface area contributed by atoms with Crippen LogP contribution in [-0.2, 0) is 14.3 Å². The van der Waals surface area contributed by atoms with Crippen LogP contribution in [0.25, 0.3) is 0 Å². The van der Waals surface area contributed by atoms with Crippen molar-refractivity contribution in [3.8, 4) is 5.75 Å². The lowest BCUT2D eigenvalue weighted by Crippen LogP contribution is -2.39. The molecular formula is C25H23ClN2O4. The third-order valence-electron chi connectivity index (χ3n) is 6.29. The Balaban J connectivity index is 1.59. The highest BCUT2D eigenvalue weighted by Gasteiger charge is 2.52. The van der Waals surface area contributed by atoms with Crippen LogP contribution in [0.15, 0.2) is 66.6 Å². The number of carbonyl (C=O) groups excluding carboxylic acids is 2. The fourth-order valence-electron chi connectivity index (χ4n) is 4.81. The van der Waals surface area contributed by atoms with Crippen molar-refractivity contribution < 1.29 is 19.1 Å². The van der Waals surface area contributed by atoms with Crippen LogP contribution in [0.3, 0.4) is 0 Å². The molecule has 0 bridgehead atoms. The van der Waals surface area contributed by atoms with Gasteiger partial charge in [0, 0.05) is 6.20 Å². The molecule has 0 saturated heterocycles. The summed E-state index contributed by atoms with van der Waals surface area (Å²) < 4.78 is 11.8. The minimum Gasteiger partial charge on any atom is -0.490 e. The lowest BCUT2D eigenvalue weighted by Gasteiger charge is -2.35. The van der Waals surface area contributed by atoms with E-state index in [4.69, 9.17) is 21.1 Å². The van der Waals surface area contributed by atoms with Gasteiger partial charge in [0.2, 0.25) is 0 Å². The molecule has 7 heteroatoms. The van der Waals surface area contributed by atoms with Crippen molar-refractivity contribution in [2.24, 2.45) is 5.92 Å². The molecule has 1 fully saturated rings. The maximum Gasteiger partial charge on any atom is 0.295 e. The molecule has 0 N–H and O–H groups in total. The minimum atomic E-state index is -0.616. The Bertz CT molecular complexity index is 1090. The third-order valence-corrected chi connectivity index (χ3v) is 6.51. The Hall–Kier alpha value is -3.12. The van der Waals surface area contributed by atoms with Gasteiger partial charge < -0.3 is 9.47 Å². The first-order valence-electron chi connectivity index (χ1n) is 10.8. The molecule has 2 aliphatic heterocycles. The highest BCUT2D eigenvalue weighted by molar-refractivity contribution is 6.30. The lowest BCUT2D eigenvalue weighted by atomic mass is 9.77. The van der Waals surface area contributed by atoms with Gasteiger partial charge in [-0.1, -0.05) is 42.8 Å². The summed E-state index contributed by atoms with van der Waals surface area (Å²) >= 11 is 6.02. The van der Waals surface area contributed by atoms with Crippen molar-refractivity contribution in [1.82, 2.24) is 4.98 Å². The van der Waals surface area contributed by atoms with Gasteiger partial charge in [0.25, 0.3) is 5.91 Å². The number of ketones is 1. The molecule has 0 spiro atoms. The predicted molar refractivity (Wildman–Crippen MR) is 120 cm³/mol. The molecule has 1 amide bonds. The molecule has 1 saturated carbocycles. The first-order valence-corrected chi connectivity index (χ1v) is 11.2. The van der Waals surface area contributed by atoms with E-state index in [0.717, 1.165) is 31.2 Å². The molecule has 5 rings (SSSR count). The summed E-state index contributed by atoms with van der Waals surface area (Å²) in [5.41, 5.74) is 1.21. The quantitative estimate of drug-likeness (QED) is 0.612. The van der Waals surface area contributed by atoms with Crippen LogP contribution in [0, 0.1) is 5.92 Å². The number of halogens is 1. The van der Waals surface area contributed by atoms with E-state index in [9.17, 15) is 9.59 Å². The molecule has 1 aliphatic carbocycles. The van der Waals surface area contributed by atoms with Crippen molar-refractivity contribution in [3.05, 3.63) is 77.2 Å². The summed E-state index contributed by atoms with van der Waals surface area (Å²) in [5.74, 6) is 0.729. The Morgan fingerprint density at radius 3 is 2.66 bits per heavy atom. The number of ether oxygens (including phenoxy) is 2. The van der Waals surface area contributed by atoms with E-state index in [1.54, 1.807) is 18.2 Å². The number of amides is 1. The maximum atomic E-state index is 13.6. The van der Waals surface area contributed by atoms with Crippen LogP contribution < -0.4 is 9.64 Å². The topological polar surface area (TPSA) is 68.7 Å². The molecular weight excluding hydrogens is 428 g/mol.